The summed E-state index contributed by atoms with van der Waals surface area (Å²) >= 11 is 0. The van der Waals surface area contributed by atoms with Crippen molar-refractivity contribution < 1.29 is 9.18 Å². The molecule has 4 rings (SSSR count). The molecule has 1 aliphatic rings. The standard InChI is InChI=1S/C20H21FN8O/c1-13(14-3-5-15(21)6-4-14)25-19-27-16(26-17-12-22-8-9-23-17)11-18(28-19)29-10-2-7-24-20(29)30/h3-6,8-9,11-13H,2,7,10H2,1H3,(H,24,30)(H2,23,25,26,27,28). The number of carbonyl (C=O) groups is 1. The molecule has 1 aliphatic heterocycles. The number of urea groups is 1. The quantitative estimate of drug-likeness (QED) is 0.575. The van der Waals surface area contributed by atoms with Crippen molar-refractivity contribution in [1.29, 1.82) is 0 Å². The molecule has 30 heavy (non-hydrogen) atoms. The van der Waals surface area contributed by atoms with Gasteiger partial charge in [-0.05, 0) is 31.0 Å². The number of nitrogens with zero attached hydrogens (tertiary/aromatic N) is 5. The zero-order chi connectivity index (χ0) is 20.9. The van der Waals surface area contributed by atoms with Crippen molar-refractivity contribution in [2.75, 3.05) is 28.6 Å². The molecule has 3 N–H and O–H groups in total. The van der Waals surface area contributed by atoms with Crippen molar-refractivity contribution in [3.63, 3.8) is 0 Å². The maximum atomic E-state index is 13.2. The topological polar surface area (TPSA) is 108 Å². The number of rotatable bonds is 6. The summed E-state index contributed by atoms with van der Waals surface area (Å²) in [5.74, 6) is 1.47. The lowest BCUT2D eigenvalue weighted by atomic mass is 10.1. The molecule has 0 aliphatic carbocycles. The first-order chi connectivity index (χ1) is 14.6. The number of aromatic nitrogens is 4. The highest BCUT2D eigenvalue weighted by molar-refractivity contribution is 5.92. The van der Waals surface area contributed by atoms with E-state index in [0.717, 1.165) is 12.0 Å². The Labute approximate surface area is 172 Å². The molecule has 2 aromatic heterocycles. The van der Waals surface area contributed by atoms with Gasteiger partial charge < -0.3 is 16.0 Å². The molecule has 0 spiro atoms. The van der Waals surface area contributed by atoms with Gasteiger partial charge in [0.15, 0.2) is 0 Å². The Kier molecular flexibility index (Phi) is 5.64. The van der Waals surface area contributed by atoms with Gasteiger partial charge in [-0.25, -0.2) is 14.2 Å². The van der Waals surface area contributed by atoms with Gasteiger partial charge in [-0.3, -0.25) is 9.88 Å². The number of nitrogens with one attached hydrogen (secondary N) is 3. The van der Waals surface area contributed by atoms with Crippen molar-refractivity contribution in [1.82, 2.24) is 25.3 Å². The van der Waals surface area contributed by atoms with Crippen LogP contribution in [0, 0.1) is 5.82 Å². The number of hydrogen-bond donors (Lipinski definition) is 3. The van der Waals surface area contributed by atoms with Gasteiger partial charge >= 0.3 is 6.03 Å². The Balaban J connectivity index is 1.63. The molecule has 1 atom stereocenters. The van der Waals surface area contributed by atoms with E-state index in [-0.39, 0.29) is 17.9 Å². The highest BCUT2D eigenvalue weighted by Crippen LogP contribution is 2.24. The summed E-state index contributed by atoms with van der Waals surface area (Å²) in [6, 6.07) is 7.52. The number of anilines is 4. The molecular weight excluding hydrogens is 387 g/mol. The monoisotopic (exact) mass is 408 g/mol. The molecule has 1 fully saturated rings. The van der Waals surface area contributed by atoms with Crippen LogP contribution >= 0.6 is 0 Å². The van der Waals surface area contributed by atoms with Gasteiger partial charge in [0, 0.05) is 31.5 Å². The third-order valence-corrected chi connectivity index (χ3v) is 4.60. The summed E-state index contributed by atoms with van der Waals surface area (Å²) in [6.07, 6.45) is 5.53. The number of halogens is 1. The molecule has 1 unspecified atom stereocenters. The molecule has 1 saturated heterocycles. The van der Waals surface area contributed by atoms with E-state index in [1.807, 2.05) is 6.92 Å². The smallest absolute Gasteiger partial charge is 0.323 e. The van der Waals surface area contributed by atoms with Crippen LogP contribution in [-0.4, -0.2) is 39.1 Å². The van der Waals surface area contributed by atoms with E-state index in [9.17, 15) is 9.18 Å². The Hall–Kier alpha value is -3.82. The van der Waals surface area contributed by atoms with Crippen LogP contribution in [0.2, 0.25) is 0 Å². The van der Waals surface area contributed by atoms with E-state index >= 15 is 0 Å². The molecule has 9 nitrogen and oxygen atoms in total. The van der Waals surface area contributed by atoms with Crippen molar-refractivity contribution in [3.05, 3.63) is 60.3 Å². The summed E-state index contributed by atoms with van der Waals surface area (Å²) in [6.45, 7) is 3.12. The number of carbonyl (C=O) groups excluding carboxylic acids is 1. The van der Waals surface area contributed by atoms with Gasteiger partial charge in [0.25, 0.3) is 0 Å². The van der Waals surface area contributed by atoms with E-state index in [2.05, 4.69) is 35.9 Å². The molecule has 3 aromatic rings. The molecule has 0 bridgehead atoms. The van der Waals surface area contributed by atoms with Crippen molar-refractivity contribution in [2.45, 2.75) is 19.4 Å². The minimum atomic E-state index is -0.296. The maximum Gasteiger partial charge on any atom is 0.323 e. The second kappa shape index (κ2) is 8.68. The third kappa shape index (κ3) is 4.59. The minimum absolute atomic E-state index is 0.180. The van der Waals surface area contributed by atoms with Gasteiger partial charge in [0.2, 0.25) is 5.95 Å². The lowest BCUT2D eigenvalue weighted by molar-refractivity contribution is 0.242. The Bertz CT molecular complexity index is 1020. The average Bonchev–Trinajstić information content (AvgIpc) is 2.75. The highest BCUT2D eigenvalue weighted by Gasteiger charge is 2.22. The third-order valence-electron chi connectivity index (χ3n) is 4.60. The van der Waals surface area contributed by atoms with Crippen LogP contribution in [-0.2, 0) is 0 Å². The predicted molar refractivity (Wildman–Crippen MR) is 111 cm³/mol. The second-order valence-electron chi connectivity index (χ2n) is 6.81. The van der Waals surface area contributed by atoms with Crippen molar-refractivity contribution in [3.8, 4) is 0 Å². The van der Waals surface area contributed by atoms with E-state index < -0.39 is 0 Å². The average molecular weight is 408 g/mol. The summed E-state index contributed by atoms with van der Waals surface area (Å²) in [5.41, 5.74) is 0.879. The minimum Gasteiger partial charge on any atom is -0.348 e. The number of hydrogen-bond acceptors (Lipinski definition) is 7. The lowest BCUT2D eigenvalue weighted by Crippen LogP contribution is -2.47. The van der Waals surface area contributed by atoms with E-state index in [4.69, 9.17) is 0 Å². The first-order valence-corrected chi connectivity index (χ1v) is 9.58. The number of amides is 2. The van der Waals surface area contributed by atoms with E-state index in [1.165, 1.54) is 12.1 Å². The molecule has 3 heterocycles. The zero-order valence-electron chi connectivity index (χ0n) is 16.3. The van der Waals surface area contributed by atoms with Crippen molar-refractivity contribution in [2.24, 2.45) is 0 Å². The van der Waals surface area contributed by atoms with E-state index in [0.29, 0.717) is 36.5 Å². The SMILES string of the molecule is CC(Nc1nc(Nc2cnccn2)cc(N2CCCNC2=O)n1)c1ccc(F)cc1. The van der Waals surface area contributed by atoms with Crippen LogP contribution in [0.1, 0.15) is 24.9 Å². The van der Waals surface area contributed by atoms with Crippen LogP contribution in [0.4, 0.5) is 32.6 Å². The fraction of sp³-hybridized carbons (Fsp3) is 0.250. The molecule has 154 valence electrons. The fourth-order valence-corrected chi connectivity index (χ4v) is 3.07. The summed E-state index contributed by atoms with van der Waals surface area (Å²) in [7, 11) is 0. The maximum absolute atomic E-state index is 13.2. The molecule has 10 heteroatoms. The van der Waals surface area contributed by atoms with Crippen molar-refractivity contribution >= 4 is 29.4 Å². The lowest BCUT2D eigenvalue weighted by Gasteiger charge is -2.27. The molecular formula is C20H21FN8O. The Morgan fingerprint density at radius 2 is 2.00 bits per heavy atom. The summed E-state index contributed by atoms with van der Waals surface area (Å²) < 4.78 is 13.2. The summed E-state index contributed by atoms with van der Waals surface area (Å²) in [5, 5.41) is 9.12. The largest absolute Gasteiger partial charge is 0.348 e. The first-order valence-electron chi connectivity index (χ1n) is 9.58. The van der Waals surface area contributed by atoms with Gasteiger partial charge in [0.05, 0.1) is 12.2 Å². The van der Waals surface area contributed by atoms with Crippen LogP contribution < -0.4 is 20.9 Å². The van der Waals surface area contributed by atoms with Gasteiger partial charge in [-0.1, -0.05) is 12.1 Å². The van der Waals surface area contributed by atoms with Gasteiger partial charge in [-0.2, -0.15) is 9.97 Å². The zero-order valence-corrected chi connectivity index (χ0v) is 16.3. The van der Waals surface area contributed by atoms with Gasteiger partial charge in [-0.15, -0.1) is 0 Å². The summed E-state index contributed by atoms with van der Waals surface area (Å²) in [4.78, 5) is 31.1. The van der Waals surface area contributed by atoms with Crippen LogP contribution in [0.3, 0.4) is 0 Å². The van der Waals surface area contributed by atoms with Gasteiger partial charge in [0.1, 0.15) is 23.3 Å². The Morgan fingerprint density at radius 3 is 2.73 bits per heavy atom. The molecule has 0 saturated carbocycles. The van der Waals surface area contributed by atoms with Crippen LogP contribution in [0.15, 0.2) is 48.9 Å². The number of benzene rings is 1. The second-order valence-corrected chi connectivity index (χ2v) is 6.81. The van der Waals surface area contributed by atoms with Crippen LogP contribution in [0.5, 0.6) is 0 Å². The first kappa shape index (κ1) is 19.5. The highest BCUT2D eigenvalue weighted by atomic mass is 19.1. The van der Waals surface area contributed by atoms with E-state index in [1.54, 1.807) is 41.7 Å². The molecule has 2 amide bonds. The molecule has 0 radical (unpaired) electrons. The normalized spacial score (nSPS) is 14.7. The molecule has 1 aromatic carbocycles. The fourth-order valence-electron chi connectivity index (χ4n) is 3.07. The Morgan fingerprint density at radius 1 is 1.17 bits per heavy atom. The van der Waals surface area contributed by atoms with Crippen LogP contribution in [0.25, 0.3) is 0 Å². The predicted octanol–water partition coefficient (Wildman–Crippen LogP) is 3.24.